The van der Waals surface area contributed by atoms with Gasteiger partial charge in [0.15, 0.2) is 0 Å². The summed E-state index contributed by atoms with van der Waals surface area (Å²) in [5, 5.41) is 3.22. The fourth-order valence-corrected chi connectivity index (χ4v) is 1.58. The maximum atomic E-state index is 5.18. The van der Waals surface area contributed by atoms with Crippen molar-refractivity contribution in [2.75, 3.05) is 14.2 Å². The van der Waals surface area contributed by atoms with Crippen LogP contribution in [0, 0.1) is 0 Å². The molecule has 0 aliphatic rings. The Labute approximate surface area is 105 Å². The predicted octanol–water partition coefficient (Wildman–Crippen LogP) is 0.507. The fourth-order valence-electron chi connectivity index (χ4n) is 1.58. The molecule has 0 bridgehead atoms. The Kier molecular flexibility index (Phi) is 4.08. The third kappa shape index (κ3) is 2.75. The van der Waals surface area contributed by atoms with Crippen molar-refractivity contribution >= 4 is 0 Å². The Morgan fingerprint density at radius 1 is 1.11 bits per heavy atom. The number of ether oxygens (including phenoxy) is 2. The van der Waals surface area contributed by atoms with Crippen LogP contribution in [0.15, 0.2) is 18.7 Å². The number of H-pyrrole nitrogens is 1. The van der Waals surface area contributed by atoms with Crippen molar-refractivity contribution in [3.63, 3.8) is 0 Å². The standard InChI is InChI=1S/C11H15N5O2/c1-17-10-8(11(18-2)16-7-15-10)5-12-6-9-13-3-4-14-9/h3-4,7,12H,5-6H2,1-2H3,(H,13,14). The lowest BCUT2D eigenvalue weighted by atomic mass is 10.3. The highest BCUT2D eigenvalue weighted by Crippen LogP contribution is 2.22. The summed E-state index contributed by atoms with van der Waals surface area (Å²) in [6.07, 6.45) is 4.90. The summed E-state index contributed by atoms with van der Waals surface area (Å²) >= 11 is 0. The Balaban J connectivity index is 2.03. The summed E-state index contributed by atoms with van der Waals surface area (Å²) in [5.41, 5.74) is 0.786. The van der Waals surface area contributed by atoms with E-state index in [0.29, 0.717) is 24.8 Å². The molecule has 0 saturated carbocycles. The summed E-state index contributed by atoms with van der Waals surface area (Å²) in [5.74, 6) is 1.88. The molecule has 7 nitrogen and oxygen atoms in total. The van der Waals surface area contributed by atoms with Gasteiger partial charge >= 0.3 is 0 Å². The van der Waals surface area contributed by atoms with Crippen molar-refractivity contribution in [2.24, 2.45) is 0 Å². The van der Waals surface area contributed by atoms with Crippen molar-refractivity contribution in [1.82, 2.24) is 25.3 Å². The molecule has 18 heavy (non-hydrogen) atoms. The van der Waals surface area contributed by atoms with Crippen molar-refractivity contribution < 1.29 is 9.47 Å². The van der Waals surface area contributed by atoms with E-state index in [1.54, 1.807) is 26.6 Å². The average molecular weight is 249 g/mol. The first-order valence-electron chi connectivity index (χ1n) is 5.46. The second-order valence-corrected chi connectivity index (χ2v) is 3.51. The van der Waals surface area contributed by atoms with Gasteiger partial charge in [0.25, 0.3) is 0 Å². The number of methoxy groups -OCH3 is 2. The predicted molar refractivity (Wildman–Crippen MR) is 64.3 cm³/mol. The second kappa shape index (κ2) is 5.97. The van der Waals surface area contributed by atoms with Crippen LogP contribution in [0.1, 0.15) is 11.4 Å². The zero-order valence-corrected chi connectivity index (χ0v) is 10.3. The fraction of sp³-hybridized carbons (Fsp3) is 0.364. The van der Waals surface area contributed by atoms with E-state index in [2.05, 4.69) is 25.3 Å². The summed E-state index contributed by atoms with van der Waals surface area (Å²) < 4.78 is 10.4. The summed E-state index contributed by atoms with van der Waals surface area (Å²) in [6, 6.07) is 0. The van der Waals surface area contributed by atoms with Gasteiger partial charge in [0.1, 0.15) is 12.2 Å². The second-order valence-electron chi connectivity index (χ2n) is 3.51. The Morgan fingerprint density at radius 2 is 1.83 bits per heavy atom. The van der Waals surface area contributed by atoms with E-state index in [-0.39, 0.29) is 0 Å². The lowest BCUT2D eigenvalue weighted by Gasteiger charge is -2.10. The topological polar surface area (TPSA) is 85.0 Å². The molecular formula is C11H15N5O2. The SMILES string of the molecule is COc1ncnc(OC)c1CNCc1ncc[nH]1. The van der Waals surface area contributed by atoms with Gasteiger partial charge in [-0.1, -0.05) is 0 Å². The van der Waals surface area contributed by atoms with Gasteiger partial charge in [0, 0.05) is 18.9 Å². The molecule has 2 N–H and O–H groups in total. The van der Waals surface area contributed by atoms with Crippen molar-refractivity contribution in [3.8, 4) is 11.8 Å². The van der Waals surface area contributed by atoms with Crippen LogP contribution in [-0.2, 0) is 13.1 Å². The summed E-state index contributed by atoms with van der Waals surface area (Å²) in [4.78, 5) is 15.2. The Morgan fingerprint density at radius 3 is 2.39 bits per heavy atom. The highest BCUT2D eigenvalue weighted by Gasteiger charge is 2.12. The third-order valence-corrected chi connectivity index (χ3v) is 2.40. The van der Waals surface area contributed by atoms with Crippen molar-refractivity contribution in [1.29, 1.82) is 0 Å². The number of nitrogens with zero attached hydrogens (tertiary/aromatic N) is 3. The third-order valence-electron chi connectivity index (χ3n) is 2.40. The van der Waals surface area contributed by atoms with E-state index in [9.17, 15) is 0 Å². The molecule has 0 aliphatic heterocycles. The monoisotopic (exact) mass is 249 g/mol. The molecule has 2 rings (SSSR count). The number of aromatic nitrogens is 4. The molecule has 7 heteroatoms. The van der Waals surface area contributed by atoms with Crippen molar-refractivity contribution in [2.45, 2.75) is 13.1 Å². The van der Waals surface area contributed by atoms with Gasteiger partial charge in [-0.25, -0.2) is 15.0 Å². The van der Waals surface area contributed by atoms with Gasteiger partial charge < -0.3 is 19.8 Å². The zero-order chi connectivity index (χ0) is 12.8. The minimum absolute atomic E-state index is 0.508. The molecular weight excluding hydrogens is 234 g/mol. The van der Waals surface area contributed by atoms with E-state index >= 15 is 0 Å². The normalized spacial score (nSPS) is 10.3. The largest absolute Gasteiger partial charge is 0.481 e. The molecule has 0 aromatic carbocycles. The molecule has 0 amide bonds. The van der Waals surface area contributed by atoms with Crippen LogP contribution in [0.4, 0.5) is 0 Å². The van der Waals surface area contributed by atoms with Gasteiger partial charge in [0.05, 0.1) is 26.3 Å². The van der Waals surface area contributed by atoms with Crippen LogP contribution in [0.2, 0.25) is 0 Å². The van der Waals surface area contributed by atoms with Gasteiger partial charge in [-0.15, -0.1) is 0 Å². The van der Waals surface area contributed by atoms with Crippen LogP contribution < -0.4 is 14.8 Å². The highest BCUT2D eigenvalue weighted by atomic mass is 16.5. The molecule has 96 valence electrons. The number of nitrogens with one attached hydrogen (secondary N) is 2. The van der Waals surface area contributed by atoms with E-state index in [0.717, 1.165) is 11.4 Å². The first kappa shape index (κ1) is 12.3. The van der Waals surface area contributed by atoms with Gasteiger partial charge in [-0.05, 0) is 0 Å². The molecule has 0 radical (unpaired) electrons. The molecule has 0 aliphatic carbocycles. The highest BCUT2D eigenvalue weighted by molar-refractivity contribution is 5.34. The van der Waals surface area contributed by atoms with Crippen molar-refractivity contribution in [3.05, 3.63) is 30.1 Å². The van der Waals surface area contributed by atoms with E-state index in [1.165, 1.54) is 6.33 Å². The van der Waals surface area contributed by atoms with E-state index < -0.39 is 0 Å². The lowest BCUT2D eigenvalue weighted by molar-refractivity contribution is 0.359. The molecule has 0 unspecified atom stereocenters. The smallest absolute Gasteiger partial charge is 0.224 e. The molecule has 0 fully saturated rings. The minimum atomic E-state index is 0.508. The van der Waals surface area contributed by atoms with Gasteiger partial charge in [0.2, 0.25) is 11.8 Å². The van der Waals surface area contributed by atoms with Crippen LogP contribution >= 0.6 is 0 Å². The Bertz CT molecular complexity index is 464. The number of hydrogen-bond donors (Lipinski definition) is 2. The van der Waals surface area contributed by atoms with Gasteiger partial charge in [-0.3, -0.25) is 0 Å². The molecule has 0 atom stereocenters. The molecule has 0 spiro atoms. The number of hydrogen-bond acceptors (Lipinski definition) is 6. The van der Waals surface area contributed by atoms with Gasteiger partial charge in [-0.2, -0.15) is 0 Å². The molecule has 0 saturated heterocycles. The van der Waals surface area contributed by atoms with Crippen LogP contribution in [0.5, 0.6) is 11.8 Å². The van der Waals surface area contributed by atoms with E-state index in [4.69, 9.17) is 9.47 Å². The molecule has 2 aromatic heterocycles. The maximum Gasteiger partial charge on any atom is 0.224 e. The number of aromatic amines is 1. The molecule has 2 aromatic rings. The zero-order valence-electron chi connectivity index (χ0n) is 10.3. The first-order valence-corrected chi connectivity index (χ1v) is 5.46. The Hall–Kier alpha value is -2.15. The quantitative estimate of drug-likeness (QED) is 0.775. The maximum absolute atomic E-state index is 5.18. The lowest BCUT2D eigenvalue weighted by Crippen LogP contribution is -2.16. The minimum Gasteiger partial charge on any atom is -0.481 e. The molecule has 2 heterocycles. The average Bonchev–Trinajstić information content (AvgIpc) is 2.92. The van der Waals surface area contributed by atoms with Crippen LogP contribution in [0.25, 0.3) is 0 Å². The summed E-state index contributed by atoms with van der Waals surface area (Å²) in [6.45, 7) is 1.15. The van der Waals surface area contributed by atoms with Crippen LogP contribution in [0.3, 0.4) is 0 Å². The summed E-state index contributed by atoms with van der Waals surface area (Å²) in [7, 11) is 3.13. The number of imidazole rings is 1. The van der Waals surface area contributed by atoms with E-state index in [1.807, 2.05) is 0 Å². The van der Waals surface area contributed by atoms with Crippen LogP contribution in [-0.4, -0.2) is 34.2 Å². The first-order chi connectivity index (χ1) is 8.85. The number of rotatable bonds is 6.